The average Bonchev–Trinajstić information content (AvgIpc) is 3.29. The number of carbonyl (C=O) groups is 3. The zero-order chi connectivity index (χ0) is 46.5. The molecule has 0 radical (unpaired) electrons. The molecule has 0 saturated heterocycles. The molecule has 0 bridgehead atoms. The van der Waals surface area contributed by atoms with Crippen molar-refractivity contribution in [3.8, 4) is 0 Å². The molecule has 0 N–H and O–H groups in total. The van der Waals surface area contributed by atoms with Gasteiger partial charge in [-0.05, 0) is 89.9 Å². The third kappa shape index (κ3) is 49.1. The predicted molar refractivity (Wildman–Crippen MR) is 274 cm³/mol. The second-order valence-corrected chi connectivity index (χ2v) is 16.7. The SMILES string of the molecule is CC/C=C\C/C=C\C/C=C\C/C=C\C/C=C\C/C=C\CCC(=O)OCC(COC(=O)CCCCCCCCCCCCC)OC(=O)CCCCCCCC/C=C\C/C=C\C/C=C\CC. The molecule has 0 saturated carbocycles. The summed E-state index contributed by atoms with van der Waals surface area (Å²) in [6.45, 7) is 6.32. The van der Waals surface area contributed by atoms with Crippen LogP contribution in [0.4, 0.5) is 0 Å². The van der Waals surface area contributed by atoms with Crippen LogP contribution in [0.1, 0.15) is 220 Å². The van der Waals surface area contributed by atoms with E-state index in [4.69, 9.17) is 14.2 Å². The van der Waals surface area contributed by atoms with Crippen molar-refractivity contribution in [2.24, 2.45) is 0 Å². The van der Waals surface area contributed by atoms with Gasteiger partial charge in [-0.25, -0.2) is 0 Å². The summed E-state index contributed by atoms with van der Waals surface area (Å²) in [5, 5.41) is 0. The van der Waals surface area contributed by atoms with Gasteiger partial charge in [0.2, 0.25) is 0 Å². The van der Waals surface area contributed by atoms with E-state index in [0.29, 0.717) is 19.3 Å². The Morgan fingerprint density at radius 3 is 1.05 bits per heavy atom. The first-order chi connectivity index (χ1) is 31.5. The number of allylic oxidation sites excluding steroid dienone is 18. The molecule has 0 aromatic heterocycles. The van der Waals surface area contributed by atoms with E-state index in [1.165, 1.54) is 64.2 Å². The zero-order valence-corrected chi connectivity index (χ0v) is 41.3. The predicted octanol–water partition coefficient (Wildman–Crippen LogP) is 17.1. The Bertz CT molecular complexity index is 1340. The smallest absolute Gasteiger partial charge is 0.306 e. The minimum Gasteiger partial charge on any atom is -0.462 e. The van der Waals surface area contributed by atoms with E-state index in [-0.39, 0.29) is 37.5 Å². The van der Waals surface area contributed by atoms with E-state index in [2.05, 4.69) is 118 Å². The van der Waals surface area contributed by atoms with E-state index < -0.39 is 6.10 Å². The Labute approximate surface area is 393 Å². The van der Waals surface area contributed by atoms with Gasteiger partial charge in [0.05, 0.1) is 0 Å². The van der Waals surface area contributed by atoms with Crippen LogP contribution in [0.15, 0.2) is 109 Å². The van der Waals surface area contributed by atoms with Gasteiger partial charge < -0.3 is 14.2 Å². The Kier molecular flexibility index (Phi) is 48.5. The molecule has 0 aliphatic rings. The Morgan fingerprint density at radius 1 is 0.328 bits per heavy atom. The third-order valence-corrected chi connectivity index (χ3v) is 10.5. The van der Waals surface area contributed by atoms with Crippen molar-refractivity contribution in [1.82, 2.24) is 0 Å². The number of unbranched alkanes of at least 4 members (excludes halogenated alkanes) is 16. The molecule has 0 fully saturated rings. The highest BCUT2D eigenvalue weighted by atomic mass is 16.6. The summed E-state index contributed by atoms with van der Waals surface area (Å²) < 4.78 is 16.7. The molecule has 64 heavy (non-hydrogen) atoms. The van der Waals surface area contributed by atoms with Gasteiger partial charge in [0.25, 0.3) is 0 Å². The lowest BCUT2D eigenvalue weighted by Crippen LogP contribution is -2.30. The van der Waals surface area contributed by atoms with Crippen LogP contribution in [-0.4, -0.2) is 37.2 Å². The summed E-state index contributed by atoms with van der Waals surface area (Å²) in [5.74, 6) is -1.01. The lowest BCUT2D eigenvalue weighted by atomic mass is 10.1. The van der Waals surface area contributed by atoms with Gasteiger partial charge >= 0.3 is 17.9 Å². The zero-order valence-electron chi connectivity index (χ0n) is 41.3. The number of carbonyl (C=O) groups excluding carboxylic acids is 3. The van der Waals surface area contributed by atoms with Crippen molar-refractivity contribution in [1.29, 1.82) is 0 Å². The number of rotatable bonds is 45. The van der Waals surface area contributed by atoms with Gasteiger partial charge in [-0.15, -0.1) is 0 Å². The summed E-state index contributed by atoms with van der Waals surface area (Å²) in [7, 11) is 0. The molecule has 0 aliphatic heterocycles. The Balaban J connectivity index is 4.52. The fourth-order valence-electron chi connectivity index (χ4n) is 6.72. The molecule has 0 heterocycles. The van der Waals surface area contributed by atoms with Crippen molar-refractivity contribution in [3.63, 3.8) is 0 Å². The van der Waals surface area contributed by atoms with Gasteiger partial charge in [-0.1, -0.05) is 220 Å². The maximum atomic E-state index is 12.8. The highest BCUT2D eigenvalue weighted by Gasteiger charge is 2.19. The Morgan fingerprint density at radius 2 is 0.641 bits per heavy atom. The van der Waals surface area contributed by atoms with Crippen LogP contribution in [0.5, 0.6) is 0 Å². The van der Waals surface area contributed by atoms with E-state index in [9.17, 15) is 14.4 Å². The van der Waals surface area contributed by atoms with E-state index in [1.54, 1.807) is 0 Å². The monoisotopic (exact) mass is 887 g/mol. The van der Waals surface area contributed by atoms with Gasteiger partial charge in [0.15, 0.2) is 6.10 Å². The van der Waals surface area contributed by atoms with Crippen molar-refractivity contribution >= 4 is 17.9 Å². The van der Waals surface area contributed by atoms with Gasteiger partial charge in [0, 0.05) is 19.3 Å². The standard InChI is InChI=1S/C58H94O6/c1-4-7-10-13-16-19-22-24-26-28-29-30-32-33-36-39-42-45-48-51-57(60)63-54-55(53-62-56(59)50-47-44-41-38-35-21-18-15-12-9-6-3)64-58(61)52-49-46-43-40-37-34-31-27-25-23-20-17-14-11-8-5-2/h7-8,10-11,16-17,19-20,24-27,29-30,33,36,42,45,55H,4-6,9,12-15,18,21-23,28,31-32,34-35,37-41,43-44,46-54H2,1-3H3/b10-7-,11-8-,19-16-,20-17-,26-24-,27-25-,30-29-,36-33-,45-42-. The molecular formula is C58H94O6. The summed E-state index contributed by atoms with van der Waals surface area (Å²) in [5.41, 5.74) is 0. The fourth-order valence-corrected chi connectivity index (χ4v) is 6.72. The van der Waals surface area contributed by atoms with Crippen molar-refractivity contribution < 1.29 is 28.6 Å². The van der Waals surface area contributed by atoms with Crippen LogP contribution in [-0.2, 0) is 28.6 Å². The maximum Gasteiger partial charge on any atom is 0.306 e. The minimum atomic E-state index is -0.815. The number of hydrogen-bond acceptors (Lipinski definition) is 6. The highest BCUT2D eigenvalue weighted by molar-refractivity contribution is 5.71. The van der Waals surface area contributed by atoms with Crippen molar-refractivity contribution in [2.75, 3.05) is 13.2 Å². The third-order valence-electron chi connectivity index (χ3n) is 10.5. The van der Waals surface area contributed by atoms with Crippen molar-refractivity contribution in [2.45, 2.75) is 226 Å². The van der Waals surface area contributed by atoms with Gasteiger partial charge in [-0.2, -0.15) is 0 Å². The van der Waals surface area contributed by atoms with Gasteiger partial charge in [-0.3, -0.25) is 14.4 Å². The maximum absolute atomic E-state index is 12.8. The lowest BCUT2D eigenvalue weighted by molar-refractivity contribution is -0.166. The van der Waals surface area contributed by atoms with Crippen molar-refractivity contribution in [3.05, 3.63) is 109 Å². The quantitative estimate of drug-likeness (QED) is 0.0262. The fraction of sp³-hybridized carbons (Fsp3) is 0.638. The molecule has 0 aromatic rings. The lowest BCUT2D eigenvalue weighted by Gasteiger charge is -2.18. The first kappa shape index (κ1) is 60.1. The molecule has 0 amide bonds. The molecular weight excluding hydrogens is 793 g/mol. The first-order valence-electron chi connectivity index (χ1n) is 25.9. The topological polar surface area (TPSA) is 78.9 Å². The van der Waals surface area contributed by atoms with E-state index in [0.717, 1.165) is 109 Å². The normalized spacial score (nSPS) is 13.0. The first-order valence-corrected chi connectivity index (χ1v) is 25.9. The average molecular weight is 887 g/mol. The molecule has 1 unspecified atom stereocenters. The summed E-state index contributed by atoms with van der Waals surface area (Å²) in [6, 6.07) is 0. The van der Waals surface area contributed by atoms with Crippen LogP contribution >= 0.6 is 0 Å². The van der Waals surface area contributed by atoms with E-state index >= 15 is 0 Å². The Hall–Kier alpha value is -3.93. The molecule has 0 aliphatic carbocycles. The molecule has 0 aromatic carbocycles. The summed E-state index contributed by atoms with van der Waals surface area (Å²) in [4.78, 5) is 37.9. The largest absolute Gasteiger partial charge is 0.462 e. The number of ether oxygens (including phenoxy) is 3. The molecule has 1 atom stereocenters. The van der Waals surface area contributed by atoms with E-state index in [1.807, 2.05) is 12.2 Å². The molecule has 6 heteroatoms. The second kappa shape index (κ2) is 51.7. The second-order valence-electron chi connectivity index (χ2n) is 16.7. The van der Waals surface area contributed by atoms with Crippen LogP contribution in [0.3, 0.4) is 0 Å². The van der Waals surface area contributed by atoms with Gasteiger partial charge in [0.1, 0.15) is 13.2 Å². The summed E-state index contributed by atoms with van der Waals surface area (Å²) in [6.07, 6.45) is 69.4. The van der Waals surface area contributed by atoms with Crippen LogP contribution in [0, 0.1) is 0 Å². The van der Waals surface area contributed by atoms with Crippen LogP contribution in [0.2, 0.25) is 0 Å². The molecule has 0 spiro atoms. The minimum absolute atomic E-state index is 0.107. The summed E-state index contributed by atoms with van der Waals surface area (Å²) >= 11 is 0. The van der Waals surface area contributed by atoms with Crippen LogP contribution < -0.4 is 0 Å². The highest BCUT2D eigenvalue weighted by Crippen LogP contribution is 2.14. The number of esters is 3. The molecule has 362 valence electrons. The molecule has 0 rings (SSSR count). The van der Waals surface area contributed by atoms with Crippen LogP contribution in [0.25, 0.3) is 0 Å². The molecule has 6 nitrogen and oxygen atoms in total. The number of hydrogen-bond donors (Lipinski definition) is 0.